The summed E-state index contributed by atoms with van der Waals surface area (Å²) in [5.41, 5.74) is 2.10. The van der Waals surface area contributed by atoms with Gasteiger partial charge < -0.3 is 9.73 Å². The molecule has 96 valence electrons. The zero-order valence-electron chi connectivity index (χ0n) is 10.7. The van der Waals surface area contributed by atoms with E-state index in [4.69, 9.17) is 4.42 Å². The Morgan fingerprint density at radius 1 is 1.39 bits per heavy atom. The van der Waals surface area contributed by atoms with E-state index in [0.29, 0.717) is 17.9 Å². The lowest BCUT2D eigenvalue weighted by molar-refractivity contribution is 0.558. The van der Waals surface area contributed by atoms with E-state index in [9.17, 15) is 4.39 Å². The van der Waals surface area contributed by atoms with Gasteiger partial charge in [-0.3, -0.25) is 0 Å². The first kappa shape index (κ1) is 12.8. The van der Waals surface area contributed by atoms with Gasteiger partial charge in [-0.15, -0.1) is 0 Å². The van der Waals surface area contributed by atoms with E-state index < -0.39 is 0 Å². The molecule has 0 radical (unpaired) electrons. The number of hydrogen-bond donors (Lipinski definition) is 1. The van der Waals surface area contributed by atoms with Gasteiger partial charge in [-0.05, 0) is 37.6 Å². The molecule has 18 heavy (non-hydrogen) atoms. The van der Waals surface area contributed by atoms with Gasteiger partial charge in [0.25, 0.3) is 0 Å². The highest BCUT2D eigenvalue weighted by atomic mass is 19.1. The van der Waals surface area contributed by atoms with Crippen LogP contribution in [0.25, 0.3) is 11.3 Å². The van der Waals surface area contributed by atoms with Crippen molar-refractivity contribution in [3.63, 3.8) is 0 Å². The summed E-state index contributed by atoms with van der Waals surface area (Å²) >= 11 is 0. The fourth-order valence-electron chi connectivity index (χ4n) is 1.80. The number of nitrogens with one attached hydrogen (secondary N) is 1. The molecule has 0 amide bonds. The molecular weight excluding hydrogens is 231 g/mol. The number of aryl methyl sites for hydroxylation is 1. The van der Waals surface area contributed by atoms with Gasteiger partial charge in [-0.1, -0.05) is 13.0 Å². The van der Waals surface area contributed by atoms with Crippen LogP contribution in [0.3, 0.4) is 0 Å². The lowest BCUT2D eigenvalue weighted by Gasteiger charge is -2.04. The predicted molar refractivity (Wildman–Crippen MR) is 68.6 cm³/mol. The van der Waals surface area contributed by atoms with Gasteiger partial charge >= 0.3 is 0 Å². The average molecular weight is 248 g/mol. The van der Waals surface area contributed by atoms with Crippen molar-refractivity contribution < 1.29 is 8.81 Å². The normalized spacial score (nSPS) is 10.8. The monoisotopic (exact) mass is 248 g/mol. The van der Waals surface area contributed by atoms with Gasteiger partial charge in [0.05, 0.1) is 5.56 Å². The Balaban J connectivity index is 2.25. The van der Waals surface area contributed by atoms with Crippen LogP contribution in [-0.2, 0) is 6.54 Å². The van der Waals surface area contributed by atoms with E-state index >= 15 is 0 Å². The Morgan fingerprint density at radius 3 is 2.94 bits per heavy atom. The average Bonchev–Trinajstić information content (AvgIpc) is 2.78. The van der Waals surface area contributed by atoms with Crippen molar-refractivity contribution in [3.05, 3.63) is 41.7 Å². The molecule has 0 aliphatic rings. The first-order valence-electron chi connectivity index (χ1n) is 6.12. The van der Waals surface area contributed by atoms with Crippen LogP contribution in [0.2, 0.25) is 0 Å². The van der Waals surface area contributed by atoms with E-state index in [1.54, 1.807) is 6.07 Å². The molecule has 2 aromatic rings. The molecule has 0 bridgehead atoms. The van der Waals surface area contributed by atoms with Crippen LogP contribution in [0.4, 0.5) is 4.39 Å². The van der Waals surface area contributed by atoms with E-state index in [-0.39, 0.29) is 5.82 Å². The first-order valence-corrected chi connectivity index (χ1v) is 6.12. The fourth-order valence-corrected chi connectivity index (χ4v) is 1.80. The van der Waals surface area contributed by atoms with Crippen molar-refractivity contribution in [3.8, 4) is 11.3 Å². The Labute approximate surface area is 106 Å². The molecule has 0 saturated carbocycles. The molecule has 0 unspecified atom stereocenters. The molecule has 2 rings (SSSR count). The van der Waals surface area contributed by atoms with Gasteiger partial charge in [0.2, 0.25) is 0 Å². The first-order chi connectivity index (χ1) is 8.72. The highest BCUT2D eigenvalue weighted by Gasteiger charge is 2.14. The Bertz CT molecular complexity index is 522. The van der Waals surface area contributed by atoms with Crippen LogP contribution in [0, 0.1) is 12.7 Å². The summed E-state index contributed by atoms with van der Waals surface area (Å²) in [6, 6.07) is 5.10. The van der Waals surface area contributed by atoms with Crippen LogP contribution in [0.1, 0.15) is 24.6 Å². The smallest absolute Gasteiger partial charge is 0.181 e. The SMILES string of the molecule is CCCNCc1ncoc1-c1ccc(C)cc1F. The van der Waals surface area contributed by atoms with Crippen molar-refractivity contribution >= 4 is 0 Å². The zero-order valence-corrected chi connectivity index (χ0v) is 10.7. The molecular formula is C14H17FN2O. The standard InChI is InChI=1S/C14H17FN2O/c1-3-6-16-8-13-14(18-9-17-13)11-5-4-10(2)7-12(11)15/h4-5,7,9,16H,3,6,8H2,1-2H3. The van der Waals surface area contributed by atoms with E-state index in [0.717, 1.165) is 24.2 Å². The molecule has 1 heterocycles. The summed E-state index contributed by atoms with van der Waals surface area (Å²) in [5.74, 6) is 0.236. The van der Waals surface area contributed by atoms with E-state index in [2.05, 4.69) is 17.2 Å². The predicted octanol–water partition coefficient (Wildman–Crippen LogP) is 3.29. The lowest BCUT2D eigenvalue weighted by Crippen LogP contribution is -2.14. The minimum absolute atomic E-state index is 0.275. The second-order valence-corrected chi connectivity index (χ2v) is 4.29. The number of oxazole rings is 1. The van der Waals surface area contributed by atoms with Gasteiger partial charge in [0.1, 0.15) is 11.5 Å². The van der Waals surface area contributed by atoms with Crippen molar-refractivity contribution in [2.24, 2.45) is 0 Å². The van der Waals surface area contributed by atoms with Crippen LogP contribution in [-0.4, -0.2) is 11.5 Å². The molecule has 0 aliphatic heterocycles. The highest BCUT2D eigenvalue weighted by Crippen LogP contribution is 2.26. The molecule has 0 fully saturated rings. The highest BCUT2D eigenvalue weighted by molar-refractivity contribution is 5.60. The van der Waals surface area contributed by atoms with Gasteiger partial charge in [-0.2, -0.15) is 0 Å². The molecule has 1 aromatic carbocycles. The third-order valence-corrected chi connectivity index (χ3v) is 2.73. The summed E-state index contributed by atoms with van der Waals surface area (Å²) in [6.07, 6.45) is 2.41. The number of rotatable bonds is 5. The molecule has 3 nitrogen and oxygen atoms in total. The van der Waals surface area contributed by atoms with Gasteiger partial charge in [0, 0.05) is 6.54 Å². The number of hydrogen-bond acceptors (Lipinski definition) is 3. The Morgan fingerprint density at radius 2 is 2.22 bits per heavy atom. The minimum Gasteiger partial charge on any atom is -0.443 e. The largest absolute Gasteiger partial charge is 0.443 e. The molecule has 0 saturated heterocycles. The second kappa shape index (κ2) is 5.78. The maximum Gasteiger partial charge on any atom is 0.181 e. The quantitative estimate of drug-likeness (QED) is 0.825. The summed E-state index contributed by atoms with van der Waals surface area (Å²) in [5, 5.41) is 3.23. The Kier molecular flexibility index (Phi) is 4.10. The molecule has 1 N–H and O–H groups in total. The fraction of sp³-hybridized carbons (Fsp3) is 0.357. The number of aromatic nitrogens is 1. The van der Waals surface area contributed by atoms with Gasteiger partial charge in [0.15, 0.2) is 12.2 Å². The summed E-state index contributed by atoms with van der Waals surface area (Å²) in [6.45, 7) is 5.45. The van der Waals surface area contributed by atoms with E-state index in [1.165, 1.54) is 12.5 Å². The lowest BCUT2D eigenvalue weighted by atomic mass is 10.1. The maximum atomic E-state index is 13.9. The maximum absolute atomic E-state index is 13.9. The van der Waals surface area contributed by atoms with Gasteiger partial charge in [-0.25, -0.2) is 9.37 Å². The topological polar surface area (TPSA) is 38.1 Å². The minimum atomic E-state index is -0.275. The number of nitrogens with zero attached hydrogens (tertiary/aromatic N) is 1. The third kappa shape index (κ3) is 2.76. The summed E-state index contributed by atoms with van der Waals surface area (Å²) in [7, 11) is 0. The van der Waals surface area contributed by atoms with Crippen molar-refractivity contribution in [2.45, 2.75) is 26.8 Å². The van der Waals surface area contributed by atoms with Crippen molar-refractivity contribution in [2.75, 3.05) is 6.54 Å². The van der Waals surface area contributed by atoms with Crippen LogP contribution < -0.4 is 5.32 Å². The summed E-state index contributed by atoms with van der Waals surface area (Å²) in [4.78, 5) is 4.13. The molecule has 0 spiro atoms. The summed E-state index contributed by atoms with van der Waals surface area (Å²) < 4.78 is 19.2. The number of benzene rings is 1. The molecule has 4 heteroatoms. The molecule has 0 aliphatic carbocycles. The zero-order chi connectivity index (χ0) is 13.0. The molecule has 0 atom stereocenters. The van der Waals surface area contributed by atoms with Crippen LogP contribution in [0.5, 0.6) is 0 Å². The number of halogens is 1. The van der Waals surface area contributed by atoms with Crippen LogP contribution in [0.15, 0.2) is 29.0 Å². The Hall–Kier alpha value is -1.68. The molecule has 1 aromatic heterocycles. The van der Waals surface area contributed by atoms with Crippen molar-refractivity contribution in [1.82, 2.24) is 10.3 Å². The second-order valence-electron chi connectivity index (χ2n) is 4.29. The van der Waals surface area contributed by atoms with Crippen molar-refractivity contribution in [1.29, 1.82) is 0 Å². The third-order valence-electron chi connectivity index (χ3n) is 2.73. The van der Waals surface area contributed by atoms with Crippen LogP contribution >= 0.6 is 0 Å². The van der Waals surface area contributed by atoms with E-state index in [1.807, 2.05) is 13.0 Å².